The molecule has 15 heavy (non-hydrogen) atoms. The highest BCUT2D eigenvalue weighted by molar-refractivity contribution is 6.31. The van der Waals surface area contributed by atoms with E-state index in [1.807, 2.05) is 25.1 Å². The van der Waals surface area contributed by atoms with Crippen LogP contribution in [0.15, 0.2) is 18.2 Å². The number of rotatable bonds is 1. The van der Waals surface area contributed by atoms with Gasteiger partial charge in [0.15, 0.2) is 5.82 Å². The number of hydrogen-bond acceptors (Lipinski definition) is 4. The van der Waals surface area contributed by atoms with E-state index in [9.17, 15) is 0 Å². The fraction of sp³-hybridized carbons (Fsp3) is 0.200. The standard InChI is InChI=1S/C10H9ClN4/c1-6-3-4-8(5-9(6)11)10-14-12-7(2)13-15-10/h3-5H,1-2H3. The van der Waals surface area contributed by atoms with E-state index in [-0.39, 0.29) is 0 Å². The van der Waals surface area contributed by atoms with Crippen LogP contribution in [0.3, 0.4) is 0 Å². The van der Waals surface area contributed by atoms with Crippen LogP contribution in [0.2, 0.25) is 5.02 Å². The molecular formula is C10H9ClN4. The highest BCUT2D eigenvalue weighted by Gasteiger charge is 2.04. The Morgan fingerprint density at radius 2 is 1.67 bits per heavy atom. The van der Waals surface area contributed by atoms with Gasteiger partial charge in [-0.2, -0.15) is 0 Å². The van der Waals surface area contributed by atoms with Crippen molar-refractivity contribution in [1.82, 2.24) is 20.4 Å². The summed E-state index contributed by atoms with van der Waals surface area (Å²) in [5.41, 5.74) is 1.85. The zero-order valence-electron chi connectivity index (χ0n) is 8.40. The van der Waals surface area contributed by atoms with E-state index in [2.05, 4.69) is 20.4 Å². The molecule has 0 aliphatic carbocycles. The fourth-order valence-electron chi connectivity index (χ4n) is 1.13. The number of benzene rings is 1. The van der Waals surface area contributed by atoms with Crippen molar-refractivity contribution in [3.8, 4) is 11.4 Å². The van der Waals surface area contributed by atoms with E-state index in [0.717, 1.165) is 11.1 Å². The van der Waals surface area contributed by atoms with Crippen LogP contribution in [-0.4, -0.2) is 20.4 Å². The second-order valence-electron chi connectivity index (χ2n) is 3.23. The van der Waals surface area contributed by atoms with E-state index in [4.69, 9.17) is 11.6 Å². The Labute approximate surface area is 92.3 Å². The van der Waals surface area contributed by atoms with Gasteiger partial charge in [0.05, 0.1) is 0 Å². The van der Waals surface area contributed by atoms with Crippen molar-refractivity contribution < 1.29 is 0 Å². The van der Waals surface area contributed by atoms with Crippen LogP contribution in [-0.2, 0) is 0 Å². The molecule has 0 atom stereocenters. The summed E-state index contributed by atoms with van der Waals surface area (Å²) < 4.78 is 0. The highest BCUT2D eigenvalue weighted by atomic mass is 35.5. The largest absolute Gasteiger partial charge is 0.203 e. The van der Waals surface area contributed by atoms with Crippen molar-refractivity contribution in [2.24, 2.45) is 0 Å². The minimum atomic E-state index is 0.488. The monoisotopic (exact) mass is 220 g/mol. The fourth-order valence-corrected chi connectivity index (χ4v) is 1.31. The average Bonchev–Trinajstić information content (AvgIpc) is 2.23. The van der Waals surface area contributed by atoms with Gasteiger partial charge in [-0.15, -0.1) is 20.4 Å². The van der Waals surface area contributed by atoms with Gasteiger partial charge < -0.3 is 0 Å². The normalized spacial score (nSPS) is 10.3. The molecule has 1 aromatic carbocycles. The smallest absolute Gasteiger partial charge is 0.131 e. The summed E-state index contributed by atoms with van der Waals surface area (Å²) in [5, 5.41) is 16.2. The maximum absolute atomic E-state index is 6.00. The molecule has 2 aromatic rings. The Kier molecular flexibility index (Phi) is 2.60. The van der Waals surface area contributed by atoms with Crippen molar-refractivity contribution >= 4 is 11.6 Å². The van der Waals surface area contributed by atoms with Crippen LogP contribution in [0.4, 0.5) is 0 Å². The lowest BCUT2D eigenvalue weighted by Gasteiger charge is -2.01. The molecule has 76 valence electrons. The summed E-state index contributed by atoms with van der Waals surface area (Å²) in [4.78, 5) is 0. The summed E-state index contributed by atoms with van der Waals surface area (Å²) in [6, 6.07) is 5.63. The lowest BCUT2D eigenvalue weighted by molar-refractivity contribution is 0.816. The summed E-state index contributed by atoms with van der Waals surface area (Å²) in [6.07, 6.45) is 0. The van der Waals surface area contributed by atoms with Crippen LogP contribution in [0.1, 0.15) is 11.4 Å². The van der Waals surface area contributed by atoms with Crippen molar-refractivity contribution in [1.29, 1.82) is 0 Å². The molecule has 1 aromatic heterocycles. The highest BCUT2D eigenvalue weighted by Crippen LogP contribution is 2.21. The molecule has 0 amide bonds. The van der Waals surface area contributed by atoms with Gasteiger partial charge >= 0.3 is 0 Å². The molecule has 0 bridgehead atoms. The molecule has 0 aliphatic heterocycles. The quantitative estimate of drug-likeness (QED) is 0.740. The van der Waals surface area contributed by atoms with E-state index in [1.54, 1.807) is 6.92 Å². The first-order chi connectivity index (χ1) is 7.16. The topological polar surface area (TPSA) is 51.6 Å². The van der Waals surface area contributed by atoms with Crippen LogP contribution in [0.5, 0.6) is 0 Å². The summed E-state index contributed by atoms with van der Waals surface area (Å²) in [6.45, 7) is 3.69. The lowest BCUT2D eigenvalue weighted by Crippen LogP contribution is -1.98. The van der Waals surface area contributed by atoms with Gasteiger partial charge in [0.1, 0.15) is 0 Å². The molecule has 0 fully saturated rings. The number of aryl methyl sites for hydroxylation is 2. The molecule has 0 radical (unpaired) electrons. The van der Waals surface area contributed by atoms with Crippen molar-refractivity contribution in [3.05, 3.63) is 34.6 Å². The van der Waals surface area contributed by atoms with Gasteiger partial charge in [0, 0.05) is 10.6 Å². The third-order valence-corrected chi connectivity index (χ3v) is 2.42. The number of aromatic nitrogens is 4. The molecule has 5 heteroatoms. The molecule has 0 unspecified atom stereocenters. The summed E-state index contributed by atoms with van der Waals surface area (Å²) >= 11 is 6.00. The minimum absolute atomic E-state index is 0.488. The SMILES string of the molecule is Cc1nnc(-c2ccc(C)c(Cl)c2)nn1. The predicted octanol–water partition coefficient (Wildman–Crippen LogP) is 2.20. The lowest BCUT2D eigenvalue weighted by atomic mass is 10.1. The van der Waals surface area contributed by atoms with E-state index >= 15 is 0 Å². The zero-order valence-corrected chi connectivity index (χ0v) is 9.15. The minimum Gasteiger partial charge on any atom is -0.131 e. The van der Waals surface area contributed by atoms with Crippen molar-refractivity contribution in [2.75, 3.05) is 0 Å². The maximum Gasteiger partial charge on any atom is 0.203 e. The van der Waals surface area contributed by atoms with Gasteiger partial charge in [-0.3, -0.25) is 0 Å². The second kappa shape index (κ2) is 3.90. The first-order valence-corrected chi connectivity index (χ1v) is 4.85. The Morgan fingerprint density at radius 3 is 2.27 bits per heavy atom. The van der Waals surface area contributed by atoms with E-state index in [1.165, 1.54) is 0 Å². The molecular weight excluding hydrogens is 212 g/mol. The van der Waals surface area contributed by atoms with Gasteiger partial charge in [0.25, 0.3) is 0 Å². The van der Waals surface area contributed by atoms with Gasteiger partial charge in [-0.05, 0) is 25.5 Å². The number of hydrogen-bond donors (Lipinski definition) is 0. The van der Waals surface area contributed by atoms with E-state index < -0.39 is 0 Å². The van der Waals surface area contributed by atoms with Crippen LogP contribution in [0.25, 0.3) is 11.4 Å². The summed E-state index contributed by atoms with van der Waals surface area (Å²) in [7, 11) is 0. The molecule has 0 saturated carbocycles. The number of nitrogens with zero attached hydrogens (tertiary/aromatic N) is 4. The van der Waals surface area contributed by atoms with Gasteiger partial charge in [-0.1, -0.05) is 23.7 Å². The Balaban J connectivity index is 2.45. The van der Waals surface area contributed by atoms with E-state index in [0.29, 0.717) is 16.7 Å². The third-order valence-electron chi connectivity index (χ3n) is 2.01. The second-order valence-corrected chi connectivity index (χ2v) is 3.64. The maximum atomic E-state index is 6.00. The van der Waals surface area contributed by atoms with Crippen LogP contribution in [0, 0.1) is 13.8 Å². The third kappa shape index (κ3) is 2.10. The Bertz CT molecular complexity index is 481. The summed E-state index contributed by atoms with van der Waals surface area (Å²) in [5.74, 6) is 1.04. The molecule has 4 nitrogen and oxygen atoms in total. The molecule has 0 aliphatic rings. The Morgan fingerprint density at radius 1 is 1.00 bits per heavy atom. The predicted molar refractivity (Wildman–Crippen MR) is 57.5 cm³/mol. The molecule has 0 spiro atoms. The van der Waals surface area contributed by atoms with Gasteiger partial charge in [-0.25, -0.2) is 0 Å². The average molecular weight is 221 g/mol. The van der Waals surface area contributed by atoms with Crippen molar-refractivity contribution in [3.63, 3.8) is 0 Å². The molecule has 2 rings (SSSR count). The molecule has 0 N–H and O–H groups in total. The first kappa shape index (κ1) is 9.98. The van der Waals surface area contributed by atoms with Crippen molar-refractivity contribution in [2.45, 2.75) is 13.8 Å². The first-order valence-electron chi connectivity index (χ1n) is 4.47. The van der Waals surface area contributed by atoms with Gasteiger partial charge in [0.2, 0.25) is 5.82 Å². The Hall–Kier alpha value is -1.55. The zero-order chi connectivity index (χ0) is 10.8. The number of halogens is 1. The van der Waals surface area contributed by atoms with Crippen LogP contribution < -0.4 is 0 Å². The van der Waals surface area contributed by atoms with Crippen LogP contribution >= 0.6 is 11.6 Å². The molecule has 0 saturated heterocycles. The molecule has 1 heterocycles.